The van der Waals surface area contributed by atoms with Gasteiger partial charge in [0.15, 0.2) is 0 Å². The van der Waals surface area contributed by atoms with Gasteiger partial charge in [0.1, 0.15) is 0 Å². The second kappa shape index (κ2) is 6.31. The fourth-order valence-corrected chi connectivity index (χ4v) is 2.98. The molecule has 0 radical (unpaired) electrons. The normalized spacial score (nSPS) is 18.0. The molecule has 0 aliphatic carbocycles. The number of carbonyl (C=O) groups excluding carboxylic acids is 1. The van der Waals surface area contributed by atoms with E-state index in [4.69, 9.17) is 0 Å². The van der Waals surface area contributed by atoms with Crippen LogP contribution < -0.4 is 10.2 Å². The van der Waals surface area contributed by atoms with Crippen LogP contribution in [0.2, 0.25) is 0 Å². The van der Waals surface area contributed by atoms with Gasteiger partial charge in [0.25, 0.3) is 0 Å². The zero-order valence-electron chi connectivity index (χ0n) is 11.6. The van der Waals surface area contributed by atoms with Gasteiger partial charge in [-0.15, -0.1) is 0 Å². The molecule has 0 aromatic heterocycles. The van der Waals surface area contributed by atoms with Crippen molar-refractivity contribution < 1.29 is 4.79 Å². The van der Waals surface area contributed by atoms with Crippen molar-refractivity contribution >= 4 is 38.9 Å². The number of nitrogens with zero attached hydrogens (tertiary/aromatic N) is 1. The molecule has 2 aromatic carbocycles. The van der Waals surface area contributed by atoms with E-state index >= 15 is 0 Å². The molecule has 1 amide bonds. The molecular formula is C17H17BrN2O. The van der Waals surface area contributed by atoms with Crippen molar-refractivity contribution in [3.63, 3.8) is 0 Å². The average Bonchev–Trinajstić information content (AvgIpc) is 2.90. The average molecular weight is 345 g/mol. The Morgan fingerprint density at radius 1 is 1.05 bits per heavy atom. The summed E-state index contributed by atoms with van der Waals surface area (Å²) in [6.45, 7) is 0.801. The molecule has 1 atom stereocenters. The van der Waals surface area contributed by atoms with E-state index < -0.39 is 0 Å². The summed E-state index contributed by atoms with van der Waals surface area (Å²) in [6.07, 6.45) is 0.634. The molecule has 1 fully saturated rings. The molecule has 1 saturated heterocycles. The predicted octanol–water partition coefficient (Wildman–Crippen LogP) is 4.18. The number of hydrogen-bond acceptors (Lipinski definition) is 2. The fourth-order valence-electron chi connectivity index (χ4n) is 2.55. The van der Waals surface area contributed by atoms with Crippen molar-refractivity contribution in [3.05, 3.63) is 54.6 Å². The molecule has 1 N–H and O–H groups in total. The van der Waals surface area contributed by atoms with Crippen molar-refractivity contribution in [1.29, 1.82) is 0 Å². The van der Waals surface area contributed by atoms with E-state index in [2.05, 4.69) is 21.2 Å². The van der Waals surface area contributed by atoms with Gasteiger partial charge in [-0.1, -0.05) is 34.1 Å². The summed E-state index contributed by atoms with van der Waals surface area (Å²) >= 11 is 3.46. The molecule has 3 rings (SSSR count). The smallest absolute Gasteiger partial charge is 0.227 e. The highest BCUT2D eigenvalue weighted by molar-refractivity contribution is 9.09. The highest BCUT2D eigenvalue weighted by Crippen LogP contribution is 2.27. The monoisotopic (exact) mass is 344 g/mol. The van der Waals surface area contributed by atoms with Crippen LogP contribution in [-0.2, 0) is 4.79 Å². The number of carbonyl (C=O) groups is 1. The van der Waals surface area contributed by atoms with E-state index in [1.807, 2.05) is 59.5 Å². The zero-order chi connectivity index (χ0) is 14.7. The first-order valence-corrected chi connectivity index (χ1v) is 8.17. The molecule has 0 spiro atoms. The number of nitrogens with one attached hydrogen (secondary N) is 1. The molecule has 21 heavy (non-hydrogen) atoms. The molecule has 1 heterocycles. The fraction of sp³-hybridized carbons (Fsp3) is 0.235. The Labute approximate surface area is 133 Å². The molecule has 1 unspecified atom stereocenters. The zero-order valence-corrected chi connectivity index (χ0v) is 13.2. The van der Waals surface area contributed by atoms with Crippen LogP contribution in [0.1, 0.15) is 6.42 Å². The van der Waals surface area contributed by atoms with Crippen molar-refractivity contribution in [2.75, 3.05) is 22.1 Å². The lowest BCUT2D eigenvalue weighted by molar-refractivity contribution is -0.117. The third-order valence-electron chi connectivity index (χ3n) is 3.66. The van der Waals surface area contributed by atoms with Crippen LogP contribution in [0.25, 0.3) is 0 Å². The third kappa shape index (κ3) is 3.27. The second-order valence-corrected chi connectivity index (χ2v) is 5.91. The highest BCUT2D eigenvalue weighted by atomic mass is 79.9. The summed E-state index contributed by atoms with van der Waals surface area (Å²) < 4.78 is 0. The molecule has 0 bridgehead atoms. The number of anilines is 3. The Balaban J connectivity index is 1.71. The minimum Gasteiger partial charge on any atom is -0.356 e. The number of alkyl halides is 1. The van der Waals surface area contributed by atoms with Crippen LogP contribution in [0, 0.1) is 5.92 Å². The molecular weight excluding hydrogens is 328 g/mol. The summed E-state index contributed by atoms with van der Waals surface area (Å²) in [6, 6.07) is 18.1. The van der Waals surface area contributed by atoms with Gasteiger partial charge in [0, 0.05) is 35.4 Å². The van der Waals surface area contributed by atoms with Crippen LogP contribution in [0.3, 0.4) is 0 Å². The van der Waals surface area contributed by atoms with Crippen LogP contribution in [0.4, 0.5) is 17.1 Å². The topological polar surface area (TPSA) is 32.3 Å². The van der Waals surface area contributed by atoms with Gasteiger partial charge in [-0.25, -0.2) is 0 Å². The lowest BCUT2D eigenvalue weighted by Crippen LogP contribution is -2.24. The highest BCUT2D eigenvalue weighted by Gasteiger charge is 2.29. The second-order valence-electron chi connectivity index (χ2n) is 5.27. The third-order valence-corrected chi connectivity index (χ3v) is 4.58. The molecule has 0 saturated carbocycles. The Morgan fingerprint density at radius 3 is 2.33 bits per heavy atom. The van der Waals surface area contributed by atoms with Gasteiger partial charge in [-0.05, 0) is 42.3 Å². The SMILES string of the molecule is O=C1CC(CBr)CN1c1ccc(Nc2ccccc2)cc1. The maximum Gasteiger partial charge on any atom is 0.227 e. The molecule has 1 aliphatic rings. The first kappa shape index (κ1) is 14.1. The maximum absolute atomic E-state index is 12.0. The Hall–Kier alpha value is -1.81. The van der Waals surface area contributed by atoms with E-state index in [0.29, 0.717) is 12.3 Å². The van der Waals surface area contributed by atoms with Crippen molar-refractivity contribution in [2.24, 2.45) is 5.92 Å². The summed E-state index contributed by atoms with van der Waals surface area (Å²) in [5.41, 5.74) is 3.05. The van der Waals surface area contributed by atoms with Gasteiger partial charge in [0.05, 0.1) is 0 Å². The number of rotatable bonds is 4. The van der Waals surface area contributed by atoms with E-state index in [1.165, 1.54) is 0 Å². The molecule has 2 aromatic rings. The number of para-hydroxylation sites is 1. The largest absolute Gasteiger partial charge is 0.356 e. The summed E-state index contributed by atoms with van der Waals surface area (Å²) in [5.74, 6) is 0.628. The summed E-state index contributed by atoms with van der Waals surface area (Å²) in [7, 11) is 0. The number of benzene rings is 2. The lowest BCUT2D eigenvalue weighted by atomic mass is 10.2. The number of amides is 1. The van der Waals surface area contributed by atoms with Gasteiger partial charge in [-0.3, -0.25) is 4.79 Å². The van der Waals surface area contributed by atoms with E-state index in [1.54, 1.807) is 0 Å². The van der Waals surface area contributed by atoms with Gasteiger partial charge >= 0.3 is 0 Å². The molecule has 4 heteroatoms. The maximum atomic E-state index is 12.0. The molecule has 1 aliphatic heterocycles. The van der Waals surface area contributed by atoms with Gasteiger partial charge in [-0.2, -0.15) is 0 Å². The Bertz CT molecular complexity index is 612. The quantitative estimate of drug-likeness (QED) is 0.844. The Kier molecular flexibility index (Phi) is 4.25. The van der Waals surface area contributed by atoms with Crippen molar-refractivity contribution in [1.82, 2.24) is 0 Å². The minimum absolute atomic E-state index is 0.211. The van der Waals surface area contributed by atoms with E-state index in [-0.39, 0.29) is 5.91 Å². The molecule has 108 valence electrons. The van der Waals surface area contributed by atoms with Crippen molar-refractivity contribution in [3.8, 4) is 0 Å². The first-order chi connectivity index (χ1) is 10.3. The standard InChI is InChI=1S/C17H17BrN2O/c18-11-13-10-17(21)20(12-13)16-8-6-15(7-9-16)19-14-4-2-1-3-5-14/h1-9,13,19H,10-12H2. The molecule has 3 nitrogen and oxygen atoms in total. The van der Waals surface area contributed by atoms with Gasteiger partial charge < -0.3 is 10.2 Å². The first-order valence-electron chi connectivity index (χ1n) is 7.05. The van der Waals surface area contributed by atoms with Crippen LogP contribution >= 0.6 is 15.9 Å². The minimum atomic E-state index is 0.211. The summed E-state index contributed by atoms with van der Waals surface area (Å²) in [4.78, 5) is 13.9. The van der Waals surface area contributed by atoms with Crippen molar-refractivity contribution in [2.45, 2.75) is 6.42 Å². The Morgan fingerprint density at radius 2 is 1.71 bits per heavy atom. The van der Waals surface area contributed by atoms with Gasteiger partial charge in [0.2, 0.25) is 5.91 Å². The predicted molar refractivity (Wildman–Crippen MR) is 90.4 cm³/mol. The lowest BCUT2D eigenvalue weighted by Gasteiger charge is -2.17. The summed E-state index contributed by atoms with van der Waals surface area (Å²) in [5, 5.41) is 4.22. The van der Waals surface area contributed by atoms with Crippen LogP contribution in [-0.4, -0.2) is 17.8 Å². The van der Waals surface area contributed by atoms with Crippen LogP contribution in [0.15, 0.2) is 54.6 Å². The number of halogens is 1. The van der Waals surface area contributed by atoms with E-state index in [9.17, 15) is 4.79 Å². The number of hydrogen-bond donors (Lipinski definition) is 1. The van der Waals surface area contributed by atoms with E-state index in [0.717, 1.165) is 28.9 Å². The van der Waals surface area contributed by atoms with Crippen LogP contribution in [0.5, 0.6) is 0 Å².